The highest BCUT2D eigenvalue weighted by Gasteiger charge is 2.33. The van der Waals surface area contributed by atoms with Gasteiger partial charge in [0.1, 0.15) is 5.82 Å². The Morgan fingerprint density at radius 2 is 2.22 bits per heavy atom. The van der Waals surface area contributed by atoms with E-state index in [4.69, 9.17) is 9.97 Å². The van der Waals surface area contributed by atoms with Gasteiger partial charge in [0.05, 0.1) is 16.7 Å². The number of carbonyl (C=O) groups is 1. The maximum Gasteiger partial charge on any atom is 0.228 e. The van der Waals surface area contributed by atoms with Crippen molar-refractivity contribution in [1.29, 1.82) is 0 Å². The van der Waals surface area contributed by atoms with Gasteiger partial charge in [-0.15, -0.1) is 11.3 Å². The molecule has 1 atom stereocenters. The number of anilines is 3. The number of hydrogen-bond donors (Lipinski definition) is 2. The van der Waals surface area contributed by atoms with Gasteiger partial charge in [-0.3, -0.25) is 9.89 Å². The van der Waals surface area contributed by atoms with Crippen LogP contribution in [0.2, 0.25) is 0 Å². The second kappa shape index (κ2) is 8.97. The molecule has 0 radical (unpaired) electrons. The first-order valence-corrected chi connectivity index (χ1v) is 12.4. The summed E-state index contributed by atoms with van der Waals surface area (Å²) in [5.41, 5.74) is 3.36. The topological polar surface area (TPSA) is 99.7 Å². The molecule has 0 aromatic carbocycles. The average molecular weight is 452 g/mol. The van der Waals surface area contributed by atoms with E-state index in [9.17, 15) is 4.79 Å². The number of H-pyrrole nitrogens is 1. The van der Waals surface area contributed by atoms with Crippen LogP contribution in [0.5, 0.6) is 0 Å². The van der Waals surface area contributed by atoms with Crippen LogP contribution in [-0.2, 0) is 24.1 Å². The van der Waals surface area contributed by atoms with Gasteiger partial charge < -0.3 is 10.2 Å². The zero-order valence-electron chi connectivity index (χ0n) is 18.6. The van der Waals surface area contributed by atoms with Crippen molar-refractivity contribution in [3.63, 3.8) is 0 Å². The third kappa shape index (κ3) is 4.26. The van der Waals surface area contributed by atoms with E-state index in [2.05, 4.69) is 39.2 Å². The van der Waals surface area contributed by atoms with Crippen molar-refractivity contribution in [2.45, 2.75) is 70.8 Å². The second-order valence-electron chi connectivity index (χ2n) is 8.88. The van der Waals surface area contributed by atoms with Gasteiger partial charge in [-0.25, -0.2) is 9.97 Å². The normalized spacial score (nSPS) is 17.8. The number of nitrogens with one attached hydrogen (secondary N) is 2. The van der Waals surface area contributed by atoms with Crippen molar-refractivity contribution in [3.05, 3.63) is 39.6 Å². The quantitative estimate of drug-likeness (QED) is 0.530. The number of hydrogen-bond acceptors (Lipinski definition) is 8. The Hall–Kier alpha value is -2.81. The van der Waals surface area contributed by atoms with Crippen molar-refractivity contribution in [3.8, 4) is 0 Å². The van der Waals surface area contributed by atoms with Gasteiger partial charge in [0.2, 0.25) is 5.95 Å². The van der Waals surface area contributed by atoms with E-state index in [0.29, 0.717) is 24.7 Å². The van der Waals surface area contributed by atoms with Crippen LogP contribution in [0.25, 0.3) is 0 Å². The Morgan fingerprint density at radius 3 is 3.00 bits per heavy atom. The van der Waals surface area contributed by atoms with E-state index in [1.165, 1.54) is 5.56 Å². The summed E-state index contributed by atoms with van der Waals surface area (Å²) in [6.45, 7) is 5.08. The molecule has 2 aliphatic rings. The first-order valence-electron chi connectivity index (χ1n) is 11.5. The zero-order valence-corrected chi connectivity index (χ0v) is 19.4. The Morgan fingerprint density at radius 1 is 1.31 bits per heavy atom. The smallest absolute Gasteiger partial charge is 0.228 e. The number of ketones is 1. The molecular formula is C23H29N7OS. The first-order chi connectivity index (χ1) is 15.6. The van der Waals surface area contributed by atoms with Gasteiger partial charge in [-0.05, 0) is 38.0 Å². The third-order valence-electron chi connectivity index (χ3n) is 6.34. The highest BCUT2D eigenvalue weighted by atomic mass is 32.1. The number of thiazole rings is 1. The lowest BCUT2D eigenvalue weighted by molar-refractivity contribution is -0.120. The molecule has 4 heterocycles. The number of nitrogens with zero attached hydrogens (tertiary/aromatic N) is 5. The molecule has 2 N–H and O–H groups in total. The average Bonchev–Trinajstić information content (AvgIpc) is 3.58. The van der Waals surface area contributed by atoms with E-state index in [0.717, 1.165) is 66.7 Å². The number of aromatic nitrogens is 5. The van der Waals surface area contributed by atoms with E-state index in [-0.39, 0.29) is 11.8 Å². The summed E-state index contributed by atoms with van der Waals surface area (Å²) in [6, 6.07) is 1.88. The first kappa shape index (κ1) is 21.1. The van der Waals surface area contributed by atoms with Crippen LogP contribution in [0.1, 0.15) is 67.4 Å². The second-order valence-corrected chi connectivity index (χ2v) is 9.86. The largest absolute Gasteiger partial charge is 0.331 e. The van der Waals surface area contributed by atoms with Crippen LogP contribution in [-0.4, -0.2) is 43.5 Å². The standard InChI is InChI=1S/C23H29N7OS/c1-14(2)17-13-20(29-28-17)26-22-15-5-3-6-16(15)25-23(27-22)30-11-4-7-18(30)19(31)8-9-21-24-10-12-32-21/h10,12-14,18H,3-9,11H2,1-2H3,(H2,25,26,27,28,29). The lowest BCUT2D eigenvalue weighted by Crippen LogP contribution is -2.37. The number of carbonyl (C=O) groups excluding carboxylic acids is 1. The Balaban J connectivity index is 1.37. The van der Waals surface area contributed by atoms with Crippen molar-refractivity contribution in [1.82, 2.24) is 25.1 Å². The van der Waals surface area contributed by atoms with Gasteiger partial charge in [0.15, 0.2) is 11.6 Å². The van der Waals surface area contributed by atoms with Crippen molar-refractivity contribution in [2.24, 2.45) is 0 Å². The monoisotopic (exact) mass is 451 g/mol. The summed E-state index contributed by atoms with van der Waals surface area (Å²) in [5, 5.41) is 13.9. The molecule has 1 saturated heterocycles. The van der Waals surface area contributed by atoms with Gasteiger partial charge in [-0.1, -0.05) is 13.8 Å². The minimum atomic E-state index is -0.153. The number of rotatable bonds is 8. The number of aryl methyl sites for hydroxylation is 2. The highest BCUT2D eigenvalue weighted by Crippen LogP contribution is 2.33. The molecule has 0 spiro atoms. The summed E-state index contributed by atoms with van der Waals surface area (Å²) in [4.78, 5) is 29.3. The maximum atomic E-state index is 13.1. The Labute approximate surface area is 191 Å². The molecule has 9 heteroatoms. The fourth-order valence-corrected chi connectivity index (χ4v) is 5.20. The molecule has 0 saturated carbocycles. The lowest BCUT2D eigenvalue weighted by Gasteiger charge is -2.25. The summed E-state index contributed by atoms with van der Waals surface area (Å²) >= 11 is 1.61. The summed E-state index contributed by atoms with van der Waals surface area (Å²) in [7, 11) is 0. The van der Waals surface area contributed by atoms with Crippen LogP contribution >= 0.6 is 11.3 Å². The van der Waals surface area contributed by atoms with E-state index >= 15 is 0 Å². The van der Waals surface area contributed by atoms with Gasteiger partial charge in [-0.2, -0.15) is 10.1 Å². The Bertz CT molecular complexity index is 1090. The summed E-state index contributed by atoms with van der Waals surface area (Å²) in [5.74, 6) is 2.89. The zero-order chi connectivity index (χ0) is 22.1. The molecule has 0 bridgehead atoms. The third-order valence-corrected chi connectivity index (χ3v) is 7.18. The number of aromatic amines is 1. The van der Waals surface area contributed by atoms with Crippen LogP contribution in [0.3, 0.4) is 0 Å². The summed E-state index contributed by atoms with van der Waals surface area (Å²) in [6.07, 6.45) is 7.85. The van der Waals surface area contributed by atoms with Gasteiger partial charge in [0.25, 0.3) is 0 Å². The minimum Gasteiger partial charge on any atom is -0.331 e. The number of fused-ring (bicyclic) bond motifs is 1. The predicted molar refractivity (Wildman–Crippen MR) is 126 cm³/mol. The molecule has 0 amide bonds. The molecule has 1 aliphatic carbocycles. The fourth-order valence-electron chi connectivity index (χ4n) is 4.58. The van der Waals surface area contributed by atoms with Crippen molar-refractivity contribution in [2.75, 3.05) is 16.8 Å². The molecule has 32 heavy (non-hydrogen) atoms. The van der Waals surface area contributed by atoms with Crippen LogP contribution in [0.15, 0.2) is 17.6 Å². The SMILES string of the molecule is CC(C)c1cc(Nc2nc(N3CCCC3C(=O)CCc3nccs3)nc3c2CCC3)n[nH]1. The van der Waals surface area contributed by atoms with Crippen LogP contribution in [0.4, 0.5) is 17.6 Å². The van der Waals surface area contributed by atoms with E-state index in [1.54, 1.807) is 17.5 Å². The van der Waals surface area contributed by atoms with Gasteiger partial charge >= 0.3 is 0 Å². The Kier molecular flexibility index (Phi) is 5.91. The fraction of sp³-hybridized carbons (Fsp3) is 0.522. The van der Waals surface area contributed by atoms with Crippen LogP contribution in [0, 0.1) is 0 Å². The molecule has 5 rings (SSSR count). The van der Waals surface area contributed by atoms with E-state index in [1.807, 2.05) is 11.4 Å². The molecule has 1 fully saturated rings. The molecule has 3 aromatic rings. The highest BCUT2D eigenvalue weighted by molar-refractivity contribution is 7.09. The van der Waals surface area contributed by atoms with Crippen molar-refractivity contribution < 1.29 is 4.79 Å². The molecule has 3 aromatic heterocycles. The van der Waals surface area contributed by atoms with Gasteiger partial charge in [0, 0.05) is 48.3 Å². The lowest BCUT2D eigenvalue weighted by atomic mass is 10.1. The molecule has 1 unspecified atom stereocenters. The van der Waals surface area contributed by atoms with Crippen molar-refractivity contribution >= 4 is 34.7 Å². The predicted octanol–water partition coefficient (Wildman–Crippen LogP) is 4.18. The molecule has 1 aliphatic heterocycles. The minimum absolute atomic E-state index is 0.153. The number of Topliss-reactive ketones (excluding diaryl/α,β-unsaturated/α-hetero) is 1. The molecule has 8 nitrogen and oxygen atoms in total. The summed E-state index contributed by atoms with van der Waals surface area (Å²) < 4.78 is 0. The molecule has 168 valence electrons. The molecular weight excluding hydrogens is 422 g/mol. The maximum absolute atomic E-state index is 13.1. The van der Waals surface area contributed by atoms with E-state index < -0.39 is 0 Å². The van der Waals surface area contributed by atoms with Crippen LogP contribution < -0.4 is 10.2 Å².